The van der Waals surface area contributed by atoms with Crippen molar-refractivity contribution in [3.63, 3.8) is 0 Å². The van der Waals surface area contributed by atoms with Gasteiger partial charge in [0.2, 0.25) is 5.91 Å². The van der Waals surface area contributed by atoms with Crippen LogP contribution in [-0.4, -0.2) is 20.6 Å². The van der Waals surface area contributed by atoms with Gasteiger partial charge in [-0.2, -0.15) is 4.98 Å². The molecule has 162 valence electrons. The number of nitrogens with zero attached hydrogens (tertiary/aromatic N) is 3. The normalized spacial score (nSPS) is 13.4. The molecule has 0 aliphatic heterocycles. The predicted octanol–water partition coefficient (Wildman–Crippen LogP) is 3.86. The third-order valence-electron chi connectivity index (χ3n) is 6.00. The summed E-state index contributed by atoms with van der Waals surface area (Å²) in [7, 11) is 0. The maximum absolute atomic E-state index is 13.0. The number of amides is 1. The lowest BCUT2D eigenvalue weighted by Gasteiger charge is -2.13. The summed E-state index contributed by atoms with van der Waals surface area (Å²) >= 11 is 0. The molecule has 32 heavy (non-hydrogen) atoms. The highest BCUT2D eigenvalue weighted by Gasteiger charge is 2.29. The quantitative estimate of drug-likeness (QED) is 0.504. The minimum atomic E-state index is -0.286. The van der Waals surface area contributed by atoms with E-state index < -0.39 is 0 Å². The van der Waals surface area contributed by atoms with Crippen LogP contribution in [0.4, 0.5) is 0 Å². The lowest BCUT2D eigenvalue weighted by molar-refractivity contribution is -0.121. The molecular formula is C25H24N4O3. The van der Waals surface area contributed by atoms with Gasteiger partial charge in [0.25, 0.3) is 11.4 Å². The lowest BCUT2D eigenvalue weighted by Crippen LogP contribution is -2.32. The zero-order valence-corrected chi connectivity index (χ0v) is 18.1. The first-order valence-electron chi connectivity index (χ1n) is 10.8. The number of nitrogens with one attached hydrogen (secondary N) is 1. The Balaban J connectivity index is 1.41. The number of hydrogen-bond donors (Lipinski definition) is 1. The first-order chi connectivity index (χ1) is 15.5. The Bertz CT molecular complexity index is 1380. The van der Waals surface area contributed by atoms with E-state index in [9.17, 15) is 9.59 Å². The Kier molecular flexibility index (Phi) is 5.09. The third-order valence-corrected chi connectivity index (χ3v) is 6.00. The molecule has 2 aromatic carbocycles. The molecular weight excluding hydrogens is 404 g/mol. The summed E-state index contributed by atoms with van der Waals surface area (Å²) in [5.41, 5.74) is 4.38. The second kappa shape index (κ2) is 8.07. The van der Waals surface area contributed by atoms with Crippen LogP contribution in [0.5, 0.6) is 0 Å². The van der Waals surface area contributed by atoms with Gasteiger partial charge >= 0.3 is 0 Å². The summed E-state index contributed by atoms with van der Waals surface area (Å²) in [5.74, 6) is 1.17. The van der Waals surface area contributed by atoms with Crippen molar-refractivity contribution in [1.29, 1.82) is 0 Å². The van der Waals surface area contributed by atoms with Crippen LogP contribution in [0.3, 0.4) is 0 Å². The molecule has 7 heteroatoms. The molecule has 1 fully saturated rings. The van der Waals surface area contributed by atoms with E-state index in [1.54, 1.807) is 0 Å². The first kappa shape index (κ1) is 20.2. The molecule has 0 saturated heterocycles. The van der Waals surface area contributed by atoms with Gasteiger partial charge in [0.05, 0.1) is 11.1 Å². The molecule has 0 unspecified atom stereocenters. The molecule has 5 rings (SSSR count). The molecule has 1 amide bonds. The van der Waals surface area contributed by atoms with Crippen molar-refractivity contribution >= 4 is 16.8 Å². The van der Waals surface area contributed by atoms with Gasteiger partial charge in [0.15, 0.2) is 5.82 Å². The predicted molar refractivity (Wildman–Crippen MR) is 121 cm³/mol. The van der Waals surface area contributed by atoms with Crippen molar-refractivity contribution in [2.45, 2.75) is 45.7 Å². The van der Waals surface area contributed by atoms with Gasteiger partial charge in [-0.25, -0.2) is 0 Å². The number of aryl methyl sites for hydroxylation is 2. The second-order valence-electron chi connectivity index (χ2n) is 8.43. The van der Waals surface area contributed by atoms with Crippen molar-refractivity contribution in [2.75, 3.05) is 0 Å². The smallest absolute Gasteiger partial charge is 0.258 e. The second-order valence-corrected chi connectivity index (χ2v) is 8.43. The third kappa shape index (κ3) is 3.93. The van der Waals surface area contributed by atoms with Gasteiger partial charge in [0.1, 0.15) is 6.54 Å². The molecule has 0 spiro atoms. The Morgan fingerprint density at radius 1 is 1.12 bits per heavy atom. The number of fused-ring (bicyclic) bond motifs is 1. The van der Waals surface area contributed by atoms with Gasteiger partial charge in [-0.3, -0.25) is 14.2 Å². The number of rotatable bonds is 6. The van der Waals surface area contributed by atoms with Gasteiger partial charge in [-0.05, 0) is 49.4 Å². The van der Waals surface area contributed by atoms with Gasteiger partial charge in [-0.15, -0.1) is 0 Å². The van der Waals surface area contributed by atoms with E-state index in [1.165, 1.54) is 21.8 Å². The largest absolute Gasteiger partial charge is 0.350 e. The number of hydrogen-bond acceptors (Lipinski definition) is 5. The molecule has 1 aliphatic carbocycles. The van der Waals surface area contributed by atoms with Crippen molar-refractivity contribution < 1.29 is 9.32 Å². The van der Waals surface area contributed by atoms with E-state index in [0.717, 1.165) is 23.8 Å². The van der Waals surface area contributed by atoms with Crippen molar-refractivity contribution in [1.82, 2.24) is 20.0 Å². The van der Waals surface area contributed by atoms with Crippen LogP contribution in [-0.2, 0) is 17.9 Å². The highest BCUT2D eigenvalue weighted by molar-refractivity contribution is 5.93. The summed E-state index contributed by atoms with van der Waals surface area (Å²) < 4.78 is 6.93. The minimum absolute atomic E-state index is 0.0678. The number of para-hydroxylation sites is 1. The van der Waals surface area contributed by atoms with Crippen LogP contribution in [0, 0.1) is 13.8 Å². The van der Waals surface area contributed by atoms with E-state index in [4.69, 9.17) is 4.52 Å². The van der Waals surface area contributed by atoms with Crippen molar-refractivity contribution in [2.24, 2.45) is 0 Å². The Labute approximate surface area is 185 Å². The van der Waals surface area contributed by atoms with Crippen LogP contribution in [0.2, 0.25) is 0 Å². The first-order valence-corrected chi connectivity index (χ1v) is 10.8. The monoisotopic (exact) mass is 428 g/mol. The Morgan fingerprint density at radius 3 is 2.72 bits per heavy atom. The molecule has 4 aromatic rings. The van der Waals surface area contributed by atoms with Crippen LogP contribution in [0.25, 0.3) is 22.4 Å². The highest BCUT2D eigenvalue weighted by Crippen LogP contribution is 2.39. The van der Waals surface area contributed by atoms with Gasteiger partial charge in [0, 0.05) is 23.9 Å². The molecule has 1 N–H and O–H groups in total. The Hall–Kier alpha value is -3.74. The summed E-state index contributed by atoms with van der Waals surface area (Å²) in [6, 6.07) is 15.0. The van der Waals surface area contributed by atoms with E-state index >= 15 is 0 Å². The van der Waals surface area contributed by atoms with Gasteiger partial charge in [-0.1, -0.05) is 41.6 Å². The minimum Gasteiger partial charge on any atom is -0.350 e. The summed E-state index contributed by atoms with van der Waals surface area (Å²) in [5, 5.41) is 7.77. The standard InChI is InChI=1S/C25H24N4O3/c1-15-7-8-17(11-16(15)2)13-26-22(30)14-29-21-6-4-3-5-19(21)20(12-23(29)31)25-27-24(28-32-25)18-9-10-18/h3-8,11-12,18H,9-10,13-14H2,1-2H3,(H,26,30). The number of benzene rings is 2. The SMILES string of the molecule is Cc1ccc(CNC(=O)Cn2c(=O)cc(-c3nc(C4CC4)no3)c3ccccc32)cc1C. The van der Waals surface area contributed by atoms with Crippen molar-refractivity contribution in [3.8, 4) is 11.5 Å². The zero-order valence-electron chi connectivity index (χ0n) is 18.1. The van der Waals surface area contributed by atoms with Crippen LogP contribution in [0.15, 0.2) is 57.8 Å². The van der Waals surface area contributed by atoms with Crippen LogP contribution in [0.1, 0.15) is 41.3 Å². The fourth-order valence-corrected chi connectivity index (χ4v) is 3.84. The van der Waals surface area contributed by atoms with E-state index in [0.29, 0.717) is 35.3 Å². The fourth-order valence-electron chi connectivity index (χ4n) is 3.84. The van der Waals surface area contributed by atoms with E-state index in [-0.39, 0.29) is 18.0 Å². The summed E-state index contributed by atoms with van der Waals surface area (Å²) in [6.07, 6.45) is 2.14. The number of carbonyl (C=O) groups excluding carboxylic acids is 1. The van der Waals surface area contributed by atoms with Crippen molar-refractivity contribution in [3.05, 3.63) is 81.4 Å². The number of aromatic nitrogens is 3. The average Bonchev–Trinajstić information content (AvgIpc) is 3.53. The molecule has 7 nitrogen and oxygen atoms in total. The number of pyridine rings is 1. The average molecular weight is 428 g/mol. The molecule has 0 bridgehead atoms. The fraction of sp³-hybridized carbons (Fsp3) is 0.280. The van der Waals surface area contributed by atoms with Crippen LogP contribution >= 0.6 is 0 Å². The molecule has 1 saturated carbocycles. The summed E-state index contributed by atoms with van der Waals surface area (Å²) in [4.78, 5) is 30.1. The molecule has 0 radical (unpaired) electrons. The molecule has 2 heterocycles. The maximum atomic E-state index is 13.0. The molecule has 0 atom stereocenters. The maximum Gasteiger partial charge on any atom is 0.258 e. The highest BCUT2D eigenvalue weighted by atomic mass is 16.5. The molecule has 1 aliphatic rings. The number of carbonyl (C=O) groups is 1. The van der Waals surface area contributed by atoms with E-state index in [1.807, 2.05) is 43.3 Å². The Morgan fingerprint density at radius 2 is 1.94 bits per heavy atom. The zero-order chi connectivity index (χ0) is 22.2. The van der Waals surface area contributed by atoms with Crippen LogP contribution < -0.4 is 10.9 Å². The summed E-state index contributed by atoms with van der Waals surface area (Å²) in [6.45, 7) is 4.45. The lowest BCUT2D eigenvalue weighted by atomic mass is 10.1. The molecule has 2 aromatic heterocycles. The van der Waals surface area contributed by atoms with E-state index in [2.05, 4.69) is 28.4 Å². The topological polar surface area (TPSA) is 90.0 Å². The van der Waals surface area contributed by atoms with Gasteiger partial charge < -0.3 is 9.84 Å².